The van der Waals surface area contributed by atoms with E-state index in [1.807, 2.05) is 19.1 Å². The molecule has 0 saturated carbocycles. The molecular weight excluding hydrogens is 389 g/mol. The summed E-state index contributed by atoms with van der Waals surface area (Å²) in [5.41, 5.74) is 1.07. The van der Waals surface area contributed by atoms with Crippen molar-refractivity contribution in [1.82, 2.24) is 9.55 Å². The lowest BCUT2D eigenvalue weighted by Crippen LogP contribution is -2.22. The molecule has 3 nitrogen and oxygen atoms in total. The smallest absolute Gasteiger partial charge is 0.268 e. The fourth-order valence-corrected chi connectivity index (χ4v) is 3.27. The summed E-state index contributed by atoms with van der Waals surface area (Å²) in [5.74, 6) is 0.250. The Balaban J connectivity index is 1.93. The normalized spacial score (nSPS) is 12.0. The highest BCUT2D eigenvalue weighted by Crippen LogP contribution is 2.32. The van der Waals surface area contributed by atoms with Crippen LogP contribution in [-0.2, 0) is 6.18 Å². The predicted octanol–water partition coefficient (Wildman–Crippen LogP) is 5.88. The van der Waals surface area contributed by atoms with Crippen LogP contribution in [0, 0.1) is 6.92 Å². The van der Waals surface area contributed by atoms with Gasteiger partial charge in [0.2, 0.25) is 0 Å². The highest BCUT2D eigenvalue weighted by Gasteiger charge is 2.32. The van der Waals surface area contributed by atoms with Crippen LogP contribution in [0.1, 0.15) is 22.5 Å². The van der Waals surface area contributed by atoms with Crippen LogP contribution in [0.15, 0.2) is 77.6 Å². The van der Waals surface area contributed by atoms with Crippen molar-refractivity contribution in [2.45, 2.75) is 13.1 Å². The van der Waals surface area contributed by atoms with Crippen LogP contribution in [0.2, 0.25) is 0 Å². The number of rotatable bonds is 3. The second kappa shape index (κ2) is 7.63. The Morgan fingerprint density at radius 3 is 2.27 bits per heavy atom. The first-order valence-corrected chi connectivity index (χ1v) is 9.28. The lowest BCUT2D eigenvalue weighted by Gasteiger charge is -2.12. The van der Waals surface area contributed by atoms with Crippen LogP contribution >= 0.6 is 0 Å². The van der Waals surface area contributed by atoms with Crippen molar-refractivity contribution in [3.8, 4) is 5.69 Å². The minimum atomic E-state index is -4.48. The Kier molecular flexibility index (Phi) is 4.99. The average molecular weight is 406 g/mol. The molecule has 4 aromatic rings. The van der Waals surface area contributed by atoms with Gasteiger partial charge in [0.1, 0.15) is 5.82 Å². The number of hydrogen-bond acceptors (Lipinski definition) is 2. The predicted molar refractivity (Wildman–Crippen MR) is 112 cm³/mol. The first-order chi connectivity index (χ1) is 14.3. The largest absolute Gasteiger partial charge is 0.416 e. The second-order valence-electron chi connectivity index (χ2n) is 6.88. The van der Waals surface area contributed by atoms with Crippen molar-refractivity contribution in [3.05, 3.63) is 106 Å². The van der Waals surface area contributed by atoms with Crippen LogP contribution in [-0.4, -0.2) is 9.55 Å². The van der Waals surface area contributed by atoms with E-state index in [2.05, 4.69) is 4.98 Å². The third-order valence-corrected chi connectivity index (χ3v) is 4.77. The van der Waals surface area contributed by atoms with Gasteiger partial charge in [-0.2, -0.15) is 13.2 Å². The van der Waals surface area contributed by atoms with E-state index in [4.69, 9.17) is 0 Å². The molecule has 1 heterocycles. The van der Waals surface area contributed by atoms with Gasteiger partial charge in [0.15, 0.2) is 0 Å². The number of aromatic nitrogens is 2. The van der Waals surface area contributed by atoms with Crippen molar-refractivity contribution in [2.75, 3.05) is 0 Å². The van der Waals surface area contributed by atoms with Crippen LogP contribution in [0.4, 0.5) is 13.2 Å². The van der Waals surface area contributed by atoms with Gasteiger partial charge in [-0.3, -0.25) is 9.36 Å². The third-order valence-electron chi connectivity index (χ3n) is 4.77. The quantitative estimate of drug-likeness (QED) is 0.426. The topological polar surface area (TPSA) is 34.9 Å². The first kappa shape index (κ1) is 19.6. The van der Waals surface area contributed by atoms with Crippen LogP contribution in [0.3, 0.4) is 0 Å². The third kappa shape index (κ3) is 3.76. The Labute approximate surface area is 170 Å². The summed E-state index contributed by atoms with van der Waals surface area (Å²) in [7, 11) is 0. The van der Waals surface area contributed by atoms with E-state index in [0.29, 0.717) is 16.6 Å². The summed E-state index contributed by atoms with van der Waals surface area (Å²) >= 11 is 0. The van der Waals surface area contributed by atoms with Gasteiger partial charge in [0.25, 0.3) is 5.56 Å². The number of aryl methyl sites for hydroxylation is 1. The molecular formula is C24H17F3N2O. The number of halogens is 3. The summed E-state index contributed by atoms with van der Waals surface area (Å²) in [5, 5.41) is 0.436. The van der Waals surface area contributed by atoms with Crippen LogP contribution in [0.25, 0.3) is 28.7 Å². The summed E-state index contributed by atoms with van der Waals surface area (Å²) in [4.78, 5) is 17.7. The molecule has 0 aliphatic rings. The number of alkyl halides is 3. The lowest BCUT2D eigenvalue weighted by molar-refractivity contribution is -0.137. The molecule has 0 saturated heterocycles. The highest BCUT2D eigenvalue weighted by molar-refractivity contribution is 5.80. The van der Waals surface area contributed by atoms with E-state index in [9.17, 15) is 18.0 Å². The van der Waals surface area contributed by atoms with E-state index in [1.165, 1.54) is 34.9 Å². The number of benzene rings is 3. The van der Waals surface area contributed by atoms with Crippen molar-refractivity contribution in [2.24, 2.45) is 0 Å². The van der Waals surface area contributed by atoms with E-state index < -0.39 is 11.7 Å². The maximum absolute atomic E-state index is 13.3. The first-order valence-electron chi connectivity index (χ1n) is 9.28. The number of nitrogens with zero attached hydrogens (tertiary/aromatic N) is 2. The molecule has 6 heteroatoms. The van der Waals surface area contributed by atoms with Crippen LogP contribution in [0.5, 0.6) is 0 Å². The molecule has 4 rings (SSSR count). The summed E-state index contributed by atoms with van der Waals surface area (Å²) < 4.78 is 41.4. The van der Waals surface area contributed by atoms with Crippen molar-refractivity contribution in [3.63, 3.8) is 0 Å². The summed E-state index contributed by atoms with van der Waals surface area (Å²) in [6.45, 7) is 1.93. The molecule has 0 amide bonds. The number of fused-ring (bicyclic) bond motifs is 1. The molecule has 0 aliphatic carbocycles. The van der Waals surface area contributed by atoms with E-state index in [0.717, 1.165) is 11.6 Å². The lowest BCUT2D eigenvalue weighted by atomic mass is 10.1. The molecule has 0 spiro atoms. The zero-order valence-electron chi connectivity index (χ0n) is 16.0. The Morgan fingerprint density at radius 1 is 0.867 bits per heavy atom. The standard InChI is InChI=1S/C24H17F3N2O/c1-16-10-13-18(14-11-16)29-22(28-21-9-5-3-7-19(21)23(29)30)15-12-17-6-2-4-8-20(17)24(25,26)27/h2-15H,1H3. The van der Waals surface area contributed by atoms with E-state index in [1.54, 1.807) is 36.4 Å². The monoisotopic (exact) mass is 406 g/mol. The maximum atomic E-state index is 13.3. The van der Waals surface area contributed by atoms with Gasteiger partial charge in [0.05, 0.1) is 22.2 Å². The summed E-state index contributed by atoms with van der Waals surface area (Å²) in [6, 6.07) is 19.5. The number of hydrogen-bond donors (Lipinski definition) is 0. The molecule has 0 unspecified atom stereocenters. The van der Waals surface area contributed by atoms with Gasteiger partial charge >= 0.3 is 6.18 Å². The molecule has 0 atom stereocenters. The van der Waals surface area contributed by atoms with Crippen molar-refractivity contribution in [1.29, 1.82) is 0 Å². The zero-order chi connectivity index (χ0) is 21.3. The highest BCUT2D eigenvalue weighted by atomic mass is 19.4. The molecule has 0 radical (unpaired) electrons. The van der Waals surface area contributed by atoms with E-state index >= 15 is 0 Å². The minimum absolute atomic E-state index is 0.00265. The Bertz CT molecular complexity index is 1300. The Morgan fingerprint density at radius 2 is 1.53 bits per heavy atom. The van der Waals surface area contributed by atoms with Gasteiger partial charge in [-0.15, -0.1) is 0 Å². The molecule has 0 bridgehead atoms. The molecule has 150 valence electrons. The van der Waals surface area contributed by atoms with Gasteiger partial charge in [-0.25, -0.2) is 4.98 Å². The molecule has 3 aromatic carbocycles. The van der Waals surface area contributed by atoms with Gasteiger partial charge in [-0.1, -0.05) is 54.1 Å². The Hall–Kier alpha value is -3.67. The minimum Gasteiger partial charge on any atom is -0.268 e. The molecule has 30 heavy (non-hydrogen) atoms. The van der Waals surface area contributed by atoms with Crippen molar-refractivity contribution < 1.29 is 13.2 Å². The van der Waals surface area contributed by atoms with Crippen LogP contribution < -0.4 is 5.56 Å². The molecule has 0 N–H and O–H groups in total. The fourth-order valence-electron chi connectivity index (χ4n) is 3.27. The SMILES string of the molecule is Cc1ccc(-n2c(C=Cc3ccccc3C(F)(F)F)nc3ccccc3c2=O)cc1. The summed E-state index contributed by atoms with van der Waals surface area (Å²) in [6.07, 6.45) is -1.70. The fraction of sp³-hybridized carbons (Fsp3) is 0.0833. The maximum Gasteiger partial charge on any atom is 0.416 e. The molecule has 0 aliphatic heterocycles. The average Bonchev–Trinajstić information content (AvgIpc) is 2.73. The van der Waals surface area contributed by atoms with Crippen molar-refractivity contribution >= 4 is 23.1 Å². The zero-order valence-corrected chi connectivity index (χ0v) is 16.0. The number of para-hydroxylation sites is 1. The molecule has 0 fully saturated rings. The van der Waals surface area contributed by atoms with Gasteiger partial charge in [-0.05, 0) is 48.9 Å². The second-order valence-corrected chi connectivity index (χ2v) is 6.88. The van der Waals surface area contributed by atoms with E-state index in [-0.39, 0.29) is 16.9 Å². The van der Waals surface area contributed by atoms with Gasteiger partial charge in [0, 0.05) is 0 Å². The molecule has 1 aromatic heterocycles. The van der Waals surface area contributed by atoms with Gasteiger partial charge < -0.3 is 0 Å².